The van der Waals surface area contributed by atoms with Gasteiger partial charge in [-0.3, -0.25) is 4.98 Å². The highest BCUT2D eigenvalue weighted by Crippen LogP contribution is 2.33. The number of hydrogen-bond donors (Lipinski definition) is 0. The average molecular weight is 415 g/mol. The van der Waals surface area contributed by atoms with Crippen LogP contribution >= 0.6 is 0 Å². The Morgan fingerprint density at radius 2 is 1.55 bits per heavy atom. The molecular formula is C23H15F2N5O. The maximum atomic E-state index is 13.4. The van der Waals surface area contributed by atoms with Crippen LogP contribution in [0.3, 0.4) is 0 Å². The lowest BCUT2D eigenvalue weighted by Crippen LogP contribution is -2.00. The molecule has 0 bridgehead atoms. The molecule has 0 saturated carbocycles. The third-order valence-electron chi connectivity index (χ3n) is 4.69. The highest BCUT2D eigenvalue weighted by atomic mass is 19.1. The molecule has 5 rings (SSSR count). The van der Waals surface area contributed by atoms with Crippen LogP contribution in [0.4, 0.5) is 8.78 Å². The highest BCUT2D eigenvalue weighted by Gasteiger charge is 2.18. The number of halogens is 2. The van der Waals surface area contributed by atoms with E-state index in [9.17, 15) is 8.78 Å². The van der Waals surface area contributed by atoms with Gasteiger partial charge >= 0.3 is 0 Å². The summed E-state index contributed by atoms with van der Waals surface area (Å²) in [5, 5.41) is 8.30. The topological polar surface area (TPSA) is 69.6 Å². The predicted molar refractivity (Wildman–Crippen MR) is 110 cm³/mol. The highest BCUT2D eigenvalue weighted by molar-refractivity contribution is 5.76. The Hall–Kier alpha value is -4.20. The second kappa shape index (κ2) is 7.91. The maximum absolute atomic E-state index is 13.4. The zero-order valence-electron chi connectivity index (χ0n) is 16.1. The molecule has 0 aliphatic heterocycles. The molecule has 0 spiro atoms. The van der Waals surface area contributed by atoms with Crippen molar-refractivity contribution in [3.05, 3.63) is 96.8 Å². The summed E-state index contributed by atoms with van der Waals surface area (Å²) in [5.41, 5.74) is 3.41. The van der Waals surface area contributed by atoms with Crippen molar-refractivity contribution >= 4 is 0 Å². The van der Waals surface area contributed by atoms with Crippen LogP contribution in [-0.4, -0.2) is 25.0 Å². The fraction of sp³-hybridized carbons (Fsp3) is 0.0435. The van der Waals surface area contributed by atoms with Crippen LogP contribution in [0.5, 0.6) is 0 Å². The summed E-state index contributed by atoms with van der Waals surface area (Å²) in [6.07, 6.45) is 5.17. The molecule has 0 saturated heterocycles. The first kappa shape index (κ1) is 18.8. The molecule has 0 amide bonds. The number of oxazole rings is 1. The summed E-state index contributed by atoms with van der Waals surface area (Å²) < 4.78 is 34.4. The summed E-state index contributed by atoms with van der Waals surface area (Å²) in [4.78, 5) is 8.69. The molecule has 5 aromatic rings. The number of benzene rings is 2. The molecule has 6 nitrogen and oxygen atoms in total. The van der Waals surface area contributed by atoms with Crippen molar-refractivity contribution in [1.82, 2.24) is 25.0 Å². The van der Waals surface area contributed by atoms with Crippen molar-refractivity contribution < 1.29 is 13.2 Å². The fourth-order valence-corrected chi connectivity index (χ4v) is 3.19. The van der Waals surface area contributed by atoms with E-state index in [4.69, 9.17) is 4.42 Å². The quantitative estimate of drug-likeness (QED) is 0.405. The molecule has 3 heterocycles. The minimum Gasteiger partial charge on any atom is -0.438 e. The van der Waals surface area contributed by atoms with E-state index in [0.29, 0.717) is 34.2 Å². The summed E-state index contributed by atoms with van der Waals surface area (Å²) >= 11 is 0. The summed E-state index contributed by atoms with van der Waals surface area (Å²) in [7, 11) is 0. The molecule has 8 heteroatoms. The third kappa shape index (κ3) is 3.95. The number of nitrogens with zero attached hydrogens (tertiary/aromatic N) is 5. The van der Waals surface area contributed by atoms with Crippen LogP contribution < -0.4 is 0 Å². The Kier molecular flexibility index (Phi) is 4.80. The Balaban J connectivity index is 1.51. The molecule has 0 aliphatic rings. The Morgan fingerprint density at radius 3 is 2.23 bits per heavy atom. The normalized spacial score (nSPS) is 11.0. The first-order valence-corrected chi connectivity index (χ1v) is 9.48. The van der Waals surface area contributed by atoms with E-state index in [2.05, 4.69) is 20.3 Å². The first-order valence-electron chi connectivity index (χ1n) is 9.48. The Labute approximate surface area is 175 Å². The molecule has 0 aliphatic carbocycles. The molecule has 0 fully saturated rings. The molecule has 0 radical (unpaired) electrons. The molecule has 0 unspecified atom stereocenters. The van der Waals surface area contributed by atoms with Gasteiger partial charge in [-0.2, -0.15) is 0 Å². The van der Waals surface area contributed by atoms with Gasteiger partial charge in [0, 0.05) is 29.1 Å². The predicted octanol–water partition coefficient (Wildman–Crippen LogP) is 4.99. The van der Waals surface area contributed by atoms with E-state index in [0.717, 1.165) is 5.56 Å². The van der Waals surface area contributed by atoms with Gasteiger partial charge in [0.25, 0.3) is 0 Å². The molecule has 2 aromatic carbocycles. The zero-order valence-corrected chi connectivity index (χ0v) is 16.1. The van der Waals surface area contributed by atoms with Crippen molar-refractivity contribution in [3.8, 4) is 33.8 Å². The summed E-state index contributed by atoms with van der Waals surface area (Å²) in [5.74, 6) is 0.161. The smallest absolute Gasteiger partial charge is 0.217 e. The van der Waals surface area contributed by atoms with Crippen molar-refractivity contribution in [1.29, 1.82) is 0 Å². The number of rotatable bonds is 5. The van der Waals surface area contributed by atoms with Gasteiger partial charge in [-0.1, -0.05) is 5.21 Å². The van der Waals surface area contributed by atoms with E-state index < -0.39 is 0 Å². The van der Waals surface area contributed by atoms with Gasteiger partial charge in [0.05, 0.1) is 6.20 Å². The maximum Gasteiger partial charge on any atom is 0.217 e. The SMILES string of the molecule is Fc1ccc(-c2nc(Cn3cc(-c4cccnc4)nn3)oc2-c2ccc(F)cc2)cc1. The molecule has 152 valence electrons. The zero-order chi connectivity index (χ0) is 21.2. The van der Waals surface area contributed by atoms with Gasteiger partial charge in [0.2, 0.25) is 5.89 Å². The van der Waals surface area contributed by atoms with Crippen LogP contribution in [-0.2, 0) is 6.54 Å². The van der Waals surface area contributed by atoms with E-state index in [1.807, 2.05) is 12.1 Å². The van der Waals surface area contributed by atoms with Gasteiger partial charge in [-0.25, -0.2) is 18.4 Å². The lowest BCUT2D eigenvalue weighted by molar-refractivity contribution is 0.469. The van der Waals surface area contributed by atoms with E-state index >= 15 is 0 Å². The fourth-order valence-electron chi connectivity index (χ4n) is 3.19. The van der Waals surface area contributed by atoms with E-state index in [1.54, 1.807) is 47.5 Å². The van der Waals surface area contributed by atoms with Crippen LogP contribution in [0.1, 0.15) is 5.89 Å². The van der Waals surface area contributed by atoms with E-state index in [-0.39, 0.29) is 18.2 Å². The van der Waals surface area contributed by atoms with E-state index in [1.165, 1.54) is 24.3 Å². The van der Waals surface area contributed by atoms with Crippen LogP contribution in [0, 0.1) is 11.6 Å². The largest absolute Gasteiger partial charge is 0.438 e. The number of aromatic nitrogens is 5. The van der Waals surface area contributed by atoms with Crippen LogP contribution in [0.25, 0.3) is 33.8 Å². The molecule has 0 N–H and O–H groups in total. The van der Waals surface area contributed by atoms with Gasteiger partial charge < -0.3 is 4.42 Å². The molecule has 3 aromatic heterocycles. The van der Waals surface area contributed by atoms with Crippen molar-refractivity contribution in [2.75, 3.05) is 0 Å². The lowest BCUT2D eigenvalue weighted by atomic mass is 10.1. The standard InChI is InChI=1S/C23H15F2N5O/c24-18-7-3-15(4-8-18)22-23(16-5-9-19(25)10-6-16)31-21(27-22)14-30-13-20(28-29-30)17-2-1-11-26-12-17/h1-13H,14H2. The number of pyridine rings is 1. The van der Waals surface area contributed by atoms with Gasteiger partial charge in [-0.15, -0.1) is 5.10 Å². The van der Waals surface area contributed by atoms with Crippen molar-refractivity contribution in [2.45, 2.75) is 6.54 Å². The lowest BCUT2D eigenvalue weighted by Gasteiger charge is -2.01. The molecule has 31 heavy (non-hydrogen) atoms. The summed E-state index contributed by atoms with van der Waals surface area (Å²) in [6, 6.07) is 15.6. The third-order valence-corrected chi connectivity index (χ3v) is 4.69. The first-order chi connectivity index (χ1) is 15.2. The molecule has 0 atom stereocenters. The number of hydrogen-bond acceptors (Lipinski definition) is 5. The Bertz CT molecular complexity index is 1250. The van der Waals surface area contributed by atoms with Gasteiger partial charge in [-0.05, 0) is 60.7 Å². The molecular weight excluding hydrogens is 400 g/mol. The second-order valence-electron chi connectivity index (χ2n) is 6.84. The summed E-state index contributed by atoms with van der Waals surface area (Å²) in [6.45, 7) is 0.239. The van der Waals surface area contributed by atoms with Gasteiger partial charge in [0.15, 0.2) is 5.76 Å². The van der Waals surface area contributed by atoms with Crippen LogP contribution in [0.2, 0.25) is 0 Å². The Morgan fingerprint density at radius 1 is 0.839 bits per heavy atom. The minimum absolute atomic E-state index is 0.239. The monoisotopic (exact) mass is 415 g/mol. The van der Waals surface area contributed by atoms with Crippen LogP contribution in [0.15, 0.2) is 83.7 Å². The van der Waals surface area contributed by atoms with Crippen molar-refractivity contribution in [3.63, 3.8) is 0 Å². The minimum atomic E-state index is -0.350. The average Bonchev–Trinajstić information content (AvgIpc) is 3.43. The van der Waals surface area contributed by atoms with Gasteiger partial charge in [0.1, 0.15) is 29.6 Å². The van der Waals surface area contributed by atoms with Crippen molar-refractivity contribution in [2.24, 2.45) is 0 Å². The second-order valence-corrected chi connectivity index (χ2v) is 6.84.